The quantitative estimate of drug-likeness (QED) is 0.505. The third-order valence-corrected chi connectivity index (χ3v) is 11.1. The van der Waals surface area contributed by atoms with Crippen LogP contribution in [0.15, 0.2) is 40.0 Å². The Hall–Kier alpha value is -0.773. The number of alkyl halides is 1. The first-order valence-electron chi connectivity index (χ1n) is 8.15. The number of allylic oxidation sites excluding steroid dienone is 5. The van der Waals surface area contributed by atoms with Gasteiger partial charge in [0.15, 0.2) is 0 Å². The molecule has 0 fully saturated rings. The Morgan fingerprint density at radius 3 is 2.74 bits per heavy atom. The lowest BCUT2D eigenvalue weighted by atomic mass is 10.1. The van der Waals surface area contributed by atoms with Crippen LogP contribution < -0.4 is 10.4 Å². The van der Waals surface area contributed by atoms with Gasteiger partial charge >= 0.3 is 0 Å². The van der Waals surface area contributed by atoms with Crippen molar-refractivity contribution in [3.8, 4) is 0 Å². The molecule has 3 aliphatic rings. The lowest BCUT2D eigenvalue weighted by Crippen LogP contribution is -2.35. The second kappa shape index (κ2) is 5.37. The van der Waals surface area contributed by atoms with Crippen molar-refractivity contribution < 1.29 is 0 Å². The molecule has 1 aliphatic heterocycles. The van der Waals surface area contributed by atoms with Crippen molar-refractivity contribution in [2.75, 3.05) is 0 Å². The highest BCUT2D eigenvalue weighted by atomic mass is 79.9. The van der Waals surface area contributed by atoms with Crippen LogP contribution in [0.3, 0.4) is 0 Å². The van der Waals surface area contributed by atoms with Gasteiger partial charge in [0.05, 0.1) is 4.16 Å². The summed E-state index contributed by atoms with van der Waals surface area (Å²) in [6.45, 7) is 9.63. The van der Waals surface area contributed by atoms with Gasteiger partial charge in [0.1, 0.15) is 8.07 Å². The first kappa shape index (κ1) is 15.7. The van der Waals surface area contributed by atoms with Gasteiger partial charge in [-0.1, -0.05) is 70.2 Å². The Morgan fingerprint density at radius 1 is 1.26 bits per heavy atom. The fourth-order valence-corrected chi connectivity index (χ4v) is 9.45. The van der Waals surface area contributed by atoms with Gasteiger partial charge in [-0.05, 0) is 53.1 Å². The second-order valence-electron chi connectivity index (χ2n) is 7.16. The number of thioether (sulfide) groups is 1. The van der Waals surface area contributed by atoms with Crippen LogP contribution in [0.5, 0.6) is 0 Å². The fraction of sp³-hybridized carbons (Fsp3) is 0.300. The SMILES string of the molecule is CC1=Cc2c(C)c3c(cc2=C1[Si](C)(C)C1=CC=CC1)SC(Br)C=3. The topological polar surface area (TPSA) is 0 Å². The predicted octanol–water partition coefficient (Wildman–Crippen LogP) is 4.84. The molecule has 1 heterocycles. The van der Waals surface area contributed by atoms with Gasteiger partial charge in [-0.25, -0.2) is 0 Å². The van der Waals surface area contributed by atoms with Crippen LogP contribution in [-0.4, -0.2) is 12.2 Å². The van der Waals surface area contributed by atoms with E-state index in [-0.39, 0.29) is 0 Å². The molecular weight excluding hydrogens is 380 g/mol. The Morgan fingerprint density at radius 2 is 2.04 bits per heavy atom. The molecule has 1 aromatic carbocycles. The molecule has 0 spiro atoms. The number of hydrogen-bond acceptors (Lipinski definition) is 1. The van der Waals surface area contributed by atoms with Crippen molar-refractivity contribution >= 4 is 53.1 Å². The Kier molecular flexibility index (Phi) is 3.67. The fourth-order valence-electron chi connectivity index (χ4n) is 4.20. The summed E-state index contributed by atoms with van der Waals surface area (Å²) in [4.78, 5) is 1.44. The summed E-state index contributed by atoms with van der Waals surface area (Å²) < 4.78 is 0.416. The van der Waals surface area contributed by atoms with Gasteiger partial charge in [0.25, 0.3) is 0 Å². The normalized spacial score (nSPS) is 22.0. The van der Waals surface area contributed by atoms with Crippen molar-refractivity contribution in [2.24, 2.45) is 0 Å². The van der Waals surface area contributed by atoms with E-state index in [2.05, 4.69) is 79.3 Å². The summed E-state index contributed by atoms with van der Waals surface area (Å²) in [7, 11) is -1.61. The molecule has 0 nitrogen and oxygen atoms in total. The summed E-state index contributed by atoms with van der Waals surface area (Å²) in [5.74, 6) is 0. The third-order valence-electron chi connectivity index (χ3n) is 5.40. The van der Waals surface area contributed by atoms with E-state index >= 15 is 0 Å². The smallest absolute Gasteiger partial charge is 0.106 e. The number of halogens is 1. The number of benzene rings is 1. The zero-order chi connectivity index (χ0) is 16.4. The number of rotatable bonds is 2. The van der Waals surface area contributed by atoms with Crippen molar-refractivity contribution in [3.63, 3.8) is 0 Å². The monoisotopic (exact) mass is 400 g/mol. The molecule has 0 saturated heterocycles. The van der Waals surface area contributed by atoms with Gasteiger partial charge < -0.3 is 0 Å². The van der Waals surface area contributed by atoms with Crippen LogP contribution >= 0.6 is 27.7 Å². The van der Waals surface area contributed by atoms with Crippen LogP contribution in [0, 0.1) is 6.92 Å². The first-order chi connectivity index (χ1) is 10.9. The van der Waals surface area contributed by atoms with E-state index in [4.69, 9.17) is 0 Å². The summed E-state index contributed by atoms with van der Waals surface area (Å²) in [6, 6.07) is 2.46. The van der Waals surface area contributed by atoms with E-state index in [9.17, 15) is 0 Å². The number of hydrogen-bond donors (Lipinski definition) is 0. The molecule has 0 aromatic heterocycles. The van der Waals surface area contributed by atoms with E-state index in [1.807, 2.05) is 11.8 Å². The van der Waals surface area contributed by atoms with Gasteiger partial charge in [-0.2, -0.15) is 0 Å². The van der Waals surface area contributed by atoms with Crippen LogP contribution in [0.4, 0.5) is 0 Å². The average Bonchev–Trinajstić information content (AvgIpc) is 3.17. The molecule has 3 heteroatoms. The largest absolute Gasteiger partial charge is 0.109 e. The molecule has 0 bridgehead atoms. The highest BCUT2D eigenvalue weighted by Crippen LogP contribution is 2.38. The maximum atomic E-state index is 3.74. The Labute approximate surface area is 151 Å². The van der Waals surface area contributed by atoms with E-state index in [0.29, 0.717) is 4.16 Å². The minimum atomic E-state index is -1.61. The zero-order valence-electron chi connectivity index (χ0n) is 14.0. The average molecular weight is 401 g/mol. The second-order valence-corrected chi connectivity index (χ2v) is 14.3. The highest BCUT2D eigenvalue weighted by Gasteiger charge is 2.34. The number of fused-ring (bicyclic) bond motifs is 2. The molecular formula is C20H21BrSSi. The maximum Gasteiger partial charge on any atom is 0.109 e. The van der Waals surface area contributed by atoms with Crippen LogP contribution in [0.1, 0.15) is 24.5 Å². The van der Waals surface area contributed by atoms with Crippen molar-refractivity contribution in [1.29, 1.82) is 0 Å². The van der Waals surface area contributed by atoms with E-state index in [1.54, 1.807) is 10.4 Å². The summed E-state index contributed by atoms with van der Waals surface area (Å²) >= 11 is 5.67. The molecule has 2 aliphatic carbocycles. The predicted molar refractivity (Wildman–Crippen MR) is 110 cm³/mol. The standard InChI is InChI=1S/C20H21BrSSi/c1-12-9-15-13(2)16-11-19(21)22-18(16)10-17(15)20(12)23(3,4)14-7-5-6-8-14/h5-7,9-11,19H,8H2,1-4H3. The molecule has 0 amide bonds. The van der Waals surface area contributed by atoms with E-state index in [1.165, 1.54) is 32.0 Å². The maximum absolute atomic E-state index is 3.74. The minimum absolute atomic E-state index is 0.416. The summed E-state index contributed by atoms with van der Waals surface area (Å²) in [5.41, 5.74) is 4.39. The zero-order valence-corrected chi connectivity index (χ0v) is 17.4. The molecule has 1 aromatic rings. The highest BCUT2D eigenvalue weighted by molar-refractivity contribution is 9.11. The first-order valence-corrected chi connectivity index (χ1v) is 12.9. The summed E-state index contributed by atoms with van der Waals surface area (Å²) in [6.07, 6.45) is 12.8. The third kappa shape index (κ3) is 2.31. The Bertz CT molecular complexity index is 931. The van der Waals surface area contributed by atoms with Crippen LogP contribution in [0.25, 0.3) is 17.3 Å². The van der Waals surface area contributed by atoms with Crippen LogP contribution in [0.2, 0.25) is 13.1 Å². The van der Waals surface area contributed by atoms with Crippen molar-refractivity contribution in [1.82, 2.24) is 0 Å². The molecule has 23 heavy (non-hydrogen) atoms. The molecule has 0 radical (unpaired) electrons. The molecule has 0 N–H and O–H groups in total. The lowest BCUT2D eigenvalue weighted by molar-refractivity contribution is 1.26. The molecule has 4 rings (SSSR count). The van der Waals surface area contributed by atoms with Crippen molar-refractivity contribution in [2.45, 2.75) is 42.4 Å². The van der Waals surface area contributed by atoms with Gasteiger partial charge in [-0.15, -0.1) is 11.8 Å². The van der Waals surface area contributed by atoms with Crippen molar-refractivity contribution in [3.05, 3.63) is 56.6 Å². The molecule has 118 valence electrons. The van der Waals surface area contributed by atoms with Gasteiger partial charge in [-0.3, -0.25) is 0 Å². The lowest BCUT2D eigenvalue weighted by Gasteiger charge is -2.27. The minimum Gasteiger partial charge on any atom is -0.106 e. The Balaban J connectivity index is 2.01. The molecule has 0 saturated carbocycles. The summed E-state index contributed by atoms with van der Waals surface area (Å²) in [5, 5.41) is 6.24. The van der Waals surface area contributed by atoms with Crippen LogP contribution in [-0.2, 0) is 0 Å². The van der Waals surface area contributed by atoms with Gasteiger partial charge in [0.2, 0.25) is 0 Å². The van der Waals surface area contributed by atoms with E-state index in [0.717, 1.165) is 6.42 Å². The van der Waals surface area contributed by atoms with E-state index < -0.39 is 8.07 Å². The van der Waals surface area contributed by atoms with Gasteiger partial charge in [0, 0.05) is 4.90 Å². The molecule has 1 unspecified atom stereocenters. The molecule has 1 atom stereocenters.